The van der Waals surface area contributed by atoms with Gasteiger partial charge in [-0.1, -0.05) is 18.1 Å². The molecular formula is C17H21ClN8. The van der Waals surface area contributed by atoms with Crippen molar-refractivity contribution in [2.75, 3.05) is 4.90 Å². The maximum Gasteiger partial charge on any atom is 0.252 e. The molecule has 0 saturated heterocycles. The fourth-order valence-corrected chi connectivity index (χ4v) is 5.07. The lowest BCUT2D eigenvalue weighted by atomic mass is 9.80. The zero-order valence-electron chi connectivity index (χ0n) is 14.4. The van der Waals surface area contributed by atoms with Crippen molar-refractivity contribution in [1.29, 1.82) is 0 Å². The van der Waals surface area contributed by atoms with Crippen molar-refractivity contribution in [3.05, 3.63) is 23.4 Å². The average molecular weight is 373 g/mol. The average Bonchev–Trinajstić information content (AvgIpc) is 3.05. The van der Waals surface area contributed by atoms with E-state index in [2.05, 4.69) is 35.3 Å². The number of aromatic nitrogens is 5. The monoisotopic (exact) mass is 372 g/mol. The molecule has 136 valence electrons. The summed E-state index contributed by atoms with van der Waals surface area (Å²) in [5.41, 5.74) is 4.40. The van der Waals surface area contributed by atoms with Crippen LogP contribution >= 0.6 is 11.6 Å². The molecule has 8 nitrogen and oxygen atoms in total. The number of hydrogen-bond donors (Lipinski definition) is 1. The zero-order chi connectivity index (χ0) is 17.3. The van der Waals surface area contributed by atoms with Gasteiger partial charge in [-0.05, 0) is 49.6 Å². The predicted octanol–water partition coefficient (Wildman–Crippen LogP) is 2.38. The van der Waals surface area contributed by atoms with Gasteiger partial charge in [0.2, 0.25) is 5.28 Å². The third-order valence-corrected chi connectivity index (χ3v) is 6.51. The van der Waals surface area contributed by atoms with Gasteiger partial charge < -0.3 is 0 Å². The summed E-state index contributed by atoms with van der Waals surface area (Å²) in [4.78, 5) is 6.58. The van der Waals surface area contributed by atoms with Crippen molar-refractivity contribution in [2.45, 2.75) is 57.2 Å². The van der Waals surface area contributed by atoms with Crippen LogP contribution in [0.25, 0.3) is 0 Å². The van der Waals surface area contributed by atoms with E-state index in [0.29, 0.717) is 17.2 Å². The molecule has 0 aromatic carbocycles. The molecule has 4 aliphatic rings. The number of imidazole rings is 1. The first-order chi connectivity index (χ1) is 12.8. The van der Waals surface area contributed by atoms with Crippen LogP contribution in [-0.2, 0) is 6.42 Å². The Hall–Kier alpha value is -2.09. The van der Waals surface area contributed by atoms with Gasteiger partial charge in [0.15, 0.2) is 0 Å². The SMILES string of the molecule is Clc1ncc2n1C1CCCCC1C1NN=C(n3cc(CC4CC4)nn3)N21. The number of halogens is 1. The summed E-state index contributed by atoms with van der Waals surface area (Å²) < 4.78 is 3.98. The molecule has 4 heterocycles. The second-order valence-corrected chi connectivity index (χ2v) is 8.27. The van der Waals surface area contributed by atoms with Crippen LogP contribution in [0.4, 0.5) is 5.82 Å². The molecule has 0 spiro atoms. The zero-order valence-corrected chi connectivity index (χ0v) is 15.2. The van der Waals surface area contributed by atoms with Gasteiger partial charge in [0.05, 0.1) is 18.1 Å². The standard InChI is InChI=1S/C17H21ClN8/c18-16-19-8-14-25(16)13-4-2-1-3-12(13)15-21-22-17(26(14)15)24-9-11(20-23-24)7-10-5-6-10/h8-10,12-13,15,21H,1-7H2. The fraction of sp³-hybridized carbons (Fsp3) is 0.647. The van der Waals surface area contributed by atoms with Crippen molar-refractivity contribution >= 4 is 23.4 Å². The van der Waals surface area contributed by atoms with E-state index in [1.165, 1.54) is 32.1 Å². The van der Waals surface area contributed by atoms with E-state index < -0.39 is 0 Å². The first kappa shape index (κ1) is 15.0. The highest BCUT2D eigenvalue weighted by Crippen LogP contribution is 2.46. The van der Waals surface area contributed by atoms with Gasteiger partial charge >= 0.3 is 0 Å². The van der Waals surface area contributed by atoms with Gasteiger partial charge in [-0.15, -0.1) is 10.2 Å². The first-order valence-electron chi connectivity index (χ1n) is 9.56. The Kier molecular flexibility index (Phi) is 3.15. The Morgan fingerprint density at radius 3 is 2.96 bits per heavy atom. The van der Waals surface area contributed by atoms with Crippen LogP contribution in [-0.4, -0.2) is 36.7 Å². The minimum absolute atomic E-state index is 0.131. The molecule has 0 amide bonds. The fourth-order valence-electron chi connectivity index (χ4n) is 4.80. The Labute approximate surface area is 156 Å². The van der Waals surface area contributed by atoms with Crippen molar-refractivity contribution in [1.82, 2.24) is 30.0 Å². The van der Waals surface area contributed by atoms with Gasteiger partial charge in [-0.25, -0.2) is 4.98 Å². The van der Waals surface area contributed by atoms with E-state index in [1.807, 2.05) is 12.4 Å². The van der Waals surface area contributed by atoms with Crippen LogP contribution in [0.15, 0.2) is 17.5 Å². The largest absolute Gasteiger partial charge is 0.298 e. The highest BCUT2D eigenvalue weighted by atomic mass is 35.5. The minimum Gasteiger partial charge on any atom is -0.298 e. The number of nitrogens with one attached hydrogen (secondary N) is 1. The molecule has 0 bridgehead atoms. The summed E-state index contributed by atoms with van der Waals surface area (Å²) in [6, 6.07) is 0.387. The molecule has 3 unspecified atom stereocenters. The van der Waals surface area contributed by atoms with E-state index >= 15 is 0 Å². The second kappa shape index (κ2) is 5.45. The highest BCUT2D eigenvalue weighted by Gasteiger charge is 2.48. The third-order valence-electron chi connectivity index (χ3n) is 6.23. The molecule has 2 aliphatic heterocycles. The van der Waals surface area contributed by atoms with Crippen LogP contribution in [0, 0.1) is 11.8 Å². The molecule has 2 aliphatic carbocycles. The normalized spacial score (nSPS) is 29.7. The quantitative estimate of drug-likeness (QED) is 0.875. The Bertz CT molecular complexity index is 881. The Balaban J connectivity index is 1.39. The maximum absolute atomic E-state index is 6.46. The molecule has 0 radical (unpaired) electrons. The minimum atomic E-state index is 0.131. The predicted molar refractivity (Wildman–Crippen MR) is 96.9 cm³/mol. The van der Waals surface area contributed by atoms with Gasteiger partial charge in [-0.3, -0.25) is 14.9 Å². The summed E-state index contributed by atoms with van der Waals surface area (Å²) >= 11 is 6.46. The number of hydrazone groups is 1. The van der Waals surface area contributed by atoms with Gasteiger partial charge in [-0.2, -0.15) is 4.68 Å². The number of anilines is 1. The molecule has 2 aromatic rings. The van der Waals surface area contributed by atoms with E-state index in [9.17, 15) is 0 Å². The Morgan fingerprint density at radius 1 is 1.19 bits per heavy atom. The lowest BCUT2D eigenvalue weighted by Crippen LogP contribution is -2.54. The topological polar surface area (TPSA) is 76.2 Å². The lowest BCUT2D eigenvalue weighted by molar-refractivity contribution is 0.176. The number of hydrogen-bond acceptors (Lipinski definition) is 6. The summed E-state index contributed by atoms with van der Waals surface area (Å²) in [6.45, 7) is 0. The van der Waals surface area contributed by atoms with Gasteiger partial charge in [0.1, 0.15) is 12.0 Å². The van der Waals surface area contributed by atoms with E-state index in [-0.39, 0.29) is 6.17 Å². The summed E-state index contributed by atoms with van der Waals surface area (Å²) in [6.07, 6.45) is 12.4. The summed E-state index contributed by atoms with van der Waals surface area (Å²) in [7, 11) is 0. The van der Waals surface area contributed by atoms with Crippen molar-refractivity contribution in [2.24, 2.45) is 16.9 Å². The number of rotatable bonds is 2. The Morgan fingerprint density at radius 2 is 2.08 bits per heavy atom. The molecule has 9 heteroatoms. The van der Waals surface area contributed by atoms with E-state index in [1.54, 1.807) is 4.68 Å². The molecular weight excluding hydrogens is 352 g/mol. The van der Waals surface area contributed by atoms with E-state index in [4.69, 9.17) is 11.6 Å². The molecule has 2 fully saturated rings. The summed E-state index contributed by atoms with van der Waals surface area (Å²) in [5.74, 6) is 2.99. The van der Waals surface area contributed by atoms with Crippen LogP contribution in [0.2, 0.25) is 5.28 Å². The lowest BCUT2D eigenvalue weighted by Gasteiger charge is -2.45. The first-order valence-corrected chi connectivity index (χ1v) is 9.94. The molecule has 2 saturated carbocycles. The van der Waals surface area contributed by atoms with Crippen molar-refractivity contribution in [3.8, 4) is 0 Å². The van der Waals surface area contributed by atoms with Crippen LogP contribution in [0.3, 0.4) is 0 Å². The van der Waals surface area contributed by atoms with Crippen molar-refractivity contribution in [3.63, 3.8) is 0 Å². The van der Waals surface area contributed by atoms with Crippen LogP contribution in [0.1, 0.15) is 50.3 Å². The number of fused-ring (bicyclic) bond motifs is 6. The van der Waals surface area contributed by atoms with E-state index in [0.717, 1.165) is 36.2 Å². The van der Waals surface area contributed by atoms with Gasteiger partial charge in [0.25, 0.3) is 5.96 Å². The highest BCUT2D eigenvalue weighted by molar-refractivity contribution is 6.28. The molecule has 6 rings (SSSR count). The number of nitrogens with zero attached hydrogens (tertiary/aromatic N) is 7. The molecule has 26 heavy (non-hydrogen) atoms. The third kappa shape index (κ3) is 2.14. The smallest absolute Gasteiger partial charge is 0.252 e. The second-order valence-electron chi connectivity index (χ2n) is 7.93. The maximum atomic E-state index is 6.46. The van der Waals surface area contributed by atoms with Crippen LogP contribution < -0.4 is 10.3 Å². The van der Waals surface area contributed by atoms with Gasteiger partial charge in [0, 0.05) is 12.0 Å². The van der Waals surface area contributed by atoms with Crippen molar-refractivity contribution < 1.29 is 0 Å². The molecule has 2 aromatic heterocycles. The molecule has 1 N–H and O–H groups in total. The summed E-state index contributed by atoms with van der Waals surface area (Å²) in [5, 5.41) is 13.9. The molecule has 3 atom stereocenters. The van der Waals surface area contributed by atoms with Crippen LogP contribution in [0.5, 0.6) is 0 Å².